The molecular formula is C46H29N3O. The summed E-state index contributed by atoms with van der Waals surface area (Å²) < 4.78 is 8.41. The van der Waals surface area contributed by atoms with Crippen LogP contribution in [0.2, 0.25) is 0 Å². The van der Waals surface area contributed by atoms with E-state index in [2.05, 4.69) is 160 Å². The third kappa shape index (κ3) is 4.77. The minimum absolute atomic E-state index is 0.498. The summed E-state index contributed by atoms with van der Waals surface area (Å²) in [6.07, 6.45) is 0. The second-order valence-electron chi connectivity index (χ2n) is 12.7. The number of rotatable bonds is 5. The number of fused-ring (bicyclic) bond motifs is 5. The Bertz CT molecular complexity index is 2730. The second-order valence-corrected chi connectivity index (χ2v) is 12.7. The van der Waals surface area contributed by atoms with Gasteiger partial charge in [0.1, 0.15) is 0 Å². The van der Waals surface area contributed by atoms with E-state index in [0.29, 0.717) is 11.8 Å². The first-order valence-electron chi connectivity index (χ1n) is 16.8. The molecule has 10 aromatic rings. The van der Waals surface area contributed by atoms with Crippen LogP contribution in [0.4, 0.5) is 0 Å². The molecule has 4 nitrogen and oxygen atoms in total. The Hall–Kier alpha value is -6.78. The predicted molar refractivity (Wildman–Crippen MR) is 205 cm³/mol. The van der Waals surface area contributed by atoms with Crippen LogP contribution in [0.5, 0.6) is 0 Å². The molecule has 0 bridgehead atoms. The van der Waals surface area contributed by atoms with Crippen LogP contribution in [-0.4, -0.2) is 14.8 Å². The Balaban J connectivity index is 1.12. The fraction of sp³-hybridized carbons (Fsp3) is 0. The Labute approximate surface area is 288 Å². The van der Waals surface area contributed by atoms with Crippen molar-refractivity contribution >= 4 is 43.4 Å². The highest BCUT2D eigenvalue weighted by molar-refractivity contribution is 6.12. The quantitative estimate of drug-likeness (QED) is 0.188. The number of aromatic nitrogens is 3. The van der Waals surface area contributed by atoms with E-state index in [1.54, 1.807) is 0 Å². The molecule has 0 aliphatic heterocycles. The van der Waals surface area contributed by atoms with Crippen molar-refractivity contribution in [1.82, 2.24) is 14.8 Å². The first-order valence-corrected chi connectivity index (χ1v) is 16.8. The van der Waals surface area contributed by atoms with Gasteiger partial charge in [-0.05, 0) is 117 Å². The number of benzene rings is 8. The standard InChI is InChI=1S/C46H29N3O/c1-2-10-32(11-3-1)45-47-48-46(50-45)33-18-22-40(23-19-33)49-43-24-20-38(36-16-14-30-8-4-6-12-34(30)26-36)28-41(43)42-29-39(21-25-44(42)49)37-17-15-31-9-5-7-13-35(31)27-37/h1-29H. The van der Waals surface area contributed by atoms with Gasteiger partial charge < -0.3 is 8.98 Å². The van der Waals surface area contributed by atoms with Crippen LogP contribution >= 0.6 is 0 Å². The van der Waals surface area contributed by atoms with Gasteiger partial charge in [0.15, 0.2) is 0 Å². The summed E-state index contributed by atoms with van der Waals surface area (Å²) in [7, 11) is 0. The number of nitrogens with zero attached hydrogens (tertiary/aromatic N) is 3. The van der Waals surface area contributed by atoms with Crippen molar-refractivity contribution in [3.8, 4) is 50.8 Å². The monoisotopic (exact) mass is 639 g/mol. The Morgan fingerprint density at radius 3 is 1.30 bits per heavy atom. The molecule has 4 heteroatoms. The van der Waals surface area contributed by atoms with Crippen LogP contribution in [-0.2, 0) is 0 Å². The molecule has 0 atom stereocenters. The summed E-state index contributed by atoms with van der Waals surface area (Å²) in [5.74, 6) is 1.01. The SMILES string of the molecule is c1ccc(-c2nnc(-c3ccc(-n4c5ccc(-c6ccc7ccccc7c6)cc5c5cc(-c6ccc7ccccc7c6)ccc54)cc3)o2)cc1. The molecule has 0 radical (unpaired) electrons. The first-order chi connectivity index (χ1) is 24.7. The number of hydrogen-bond acceptors (Lipinski definition) is 3. The summed E-state index contributed by atoms with van der Waals surface area (Å²) >= 11 is 0. The molecule has 0 amide bonds. The van der Waals surface area contributed by atoms with E-state index >= 15 is 0 Å². The van der Waals surface area contributed by atoms with E-state index in [4.69, 9.17) is 4.42 Å². The van der Waals surface area contributed by atoms with Crippen molar-refractivity contribution in [3.05, 3.63) is 176 Å². The molecule has 0 aliphatic rings. The highest BCUT2D eigenvalue weighted by Crippen LogP contribution is 2.38. The Morgan fingerprint density at radius 1 is 0.340 bits per heavy atom. The lowest BCUT2D eigenvalue weighted by atomic mass is 9.98. The van der Waals surface area contributed by atoms with Gasteiger partial charge in [0.25, 0.3) is 0 Å². The van der Waals surface area contributed by atoms with Crippen LogP contribution in [0.25, 0.3) is 94.2 Å². The van der Waals surface area contributed by atoms with Gasteiger partial charge in [-0.3, -0.25) is 0 Å². The van der Waals surface area contributed by atoms with Gasteiger partial charge in [-0.25, -0.2) is 0 Å². The molecule has 2 heterocycles. The third-order valence-electron chi connectivity index (χ3n) is 9.75. The van der Waals surface area contributed by atoms with Crippen molar-refractivity contribution in [3.63, 3.8) is 0 Å². The minimum atomic E-state index is 0.498. The fourth-order valence-electron chi connectivity index (χ4n) is 7.19. The fourth-order valence-corrected chi connectivity index (χ4v) is 7.19. The van der Waals surface area contributed by atoms with Crippen LogP contribution in [0.3, 0.4) is 0 Å². The second kappa shape index (κ2) is 11.4. The topological polar surface area (TPSA) is 43.9 Å². The lowest BCUT2D eigenvalue weighted by Crippen LogP contribution is -1.94. The average Bonchev–Trinajstić information content (AvgIpc) is 3.81. The van der Waals surface area contributed by atoms with Crippen molar-refractivity contribution < 1.29 is 4.42 Å². The van der Waals surface area contributed by atoms with Crippen molar-refractivity contribution in [2.24, 2.45) is 0 Å². The highest BCUT2D eigenvalue weighted by atomic mass is 16.4. The van der Waals surface area contributed by atoms with E-state index < -0.39 is 0 Å². The Kier molecular flexibility index (Phi) is 6.46. The molecule has 10 rings (SSSR count). The first kappa shape index (κ1) is 28.3. The molecule has 0 fully saturated rings. The zero-order valence-electron chi connectivity index (χ0n) is 27.0. The minimum Gasteiger partial charge on any atom is -0.416 e. The van der Waals surface area contributed by atoms with Crippen molar-refractivity contribution in [1.29, 1.82) is 0 Å². The van der Waals surface area contributed by atoms with E-state index in [1.165, 1.54) is 54.6 Å². The maximum absolute atomic E-state index is 6.06. The van der Waals surface area contributed by atoms with Crippen LogP contribution in [0.15, 0.2) is 180 Å². The van der Waals surface area contributed by atoms with Crippen molar-refractivity contribution in [2.45, 2.75) is 0 Å². The van der Waals surface area contributed by atoms with Crippen LogP contribution < -0.4 is 0 Å². The van der Waals surface area contributed by atoms with Gasteiger partial charge >= 0.3 is 0 Å². The van der Waals surface area contributed by atoms with Crippen molar-refractivity contribution in [2.75, 3.05) is 0 Å². The van der Waals surface area contributed by atoms with Gasteiger partial charge in [-0.15, -0.1) is 10.2 Å². The maximum atomic E-state index is 6.06. The third-order valence-corrected chi connectivity index (χ3v) is 9.75. The van der Waals surface area contributed by atoms with Crippen LogP contribution in [0, 0.1) is 0 Å². The molecule has 0 spiro atoms. The van der Waals surface area contributed by atoms with Gasteiger partial charge in [0.2, 0.25) is 11.8 Å². The predicted octanol–water partition coefficient (Wildman–Crippen LogP) is 12.1. The molecular weight excluding hydrogens is 611 g/mol. The van der Waals surface area contributed by atoms with Gasteiger partial charge in [-0.1, -0.05) is 103 Å². The zero-order chi connectivity index (χ0) is 33.0. The highest BCUT2D eigenvalue weighted by Gasteiger charge is 2.16. The van der Waals surface area contributed by atoms with E-state index in [1.807, 2.05) is 30.3 Å². The summed E-state index contributed by atoms with van der Waals surface area (Å²) in [5.41, 5.74) is 9.94. The molecule has 0 aliphatic carbocycles. The maximum Gasteiger partial charge on any atom is 0.248 e. The molecule has 0 N–H and O–H groups in total. The largest absolute Gasteiger partial charge is 0.416 e. The average molecular weight is 640 g/mol. The molecule has 2 aromatic heterocycles. The lowest BCUT2D eigenvalue weighted by Gasteiger charge is -2.10. The smallest absolute Gasteiger partial charge is 0.248 e. The summed E-state index contributed by atoms with van der Waals surface area (Å²) in [6.45, 7) is 0. The van der Waals surface area contributed by atoms with Crippen LogP contribution in [0.1, 0.15) is 0 Å². The molecule has 0 unspecified atom stereocenters. The van der Waals surface area contributed by atoms with Gasteiger partial charge in [-0.2, -0.15) is 0 Å². The van der Waals surface area contributed by atoms with Gasteiger partial charge in [0.05, 0.1) is 11.0 Å². The zero-order valence-corrected chi connectivity index (χ0v) is 27.0. The molecule has 0 saturated heterocycles. The van der Waals surface area contributed by atoms with E-state index in [-0.39, 0.29) is 0 Å². The van der Waals surface area contributed by atoms with E-state index in [0.717, 1.165) is 27.8 Å². The normalized spacial score (nSPS) is 11.6. The molecule has 50 heavy (non-hydrogen) atoms. The summed E-state index contributed by atoms with van der Waals surface area (Å²) in [6, 6.07) is 62.4. The number of hydrogen-bond donors (Lipinski definition) is 0. The Morgan fingerprint density at radius 2 is 0.760 bits per heavy atom. The molecule has 0 saturated carbocycles. The lowest BCUT2D eigenvalue weighted by molar-refractivity contribution is 0.584. The summed E-state index contributed by atoms with van der Waals surface area (Å²) in [5, 5.41) is 16.0. The molecule has 234 valence electrons. The van der Waals surface area contributed by atoms with Gasteiger partial charge in [0, 0.05) is 27.6 Å². The molecule has 8 aromatic carbocycles. The summed E-state index contributed by atoms with van der Waals surface area (Å²) in [4.78, 5) is 0. The van der Waals surface area contributed by atoms with E-state index in [9.17, 15) is 0 Å².